The number of hydrogen-bond donors (Lipinski definition) is 0. The van der Waals surface area contributed by atoms with Gasteiger partial charge in [-0.2, -0.15) is 0 Å². The van der Waals surface area contributed by atoms with Gasteiger partial charge in [0.1, 0.15) is 6.17 Å². The van der Waals surface area contributed by atoms with E-state index in [1.165, 1.54) is 0 Å². The third-order valence-corrected chi connectivity index (χ3v) is 0.971. The van der Waals surface area contributed by atoms with E-state index in [0.717, 1.165) is 6.42 Å². The summed E-state index contributed by atoms with van der Waals surface area (Å²) in [6.45, 7) is 3.84. The topological polar surface area (TPSA) is 0 Å². The Kier molecular flexibility index (Phi) is 4.62. The van der Waals surface area contributed by atoms with Crippen molar-refractivity contribution in [2.45, 2.75) is 32.9 Å². The summed E-state index contributed by atoms with van der Waals surface area (Å²) < 4.78 is 12.2. The molecule has 0 amide bonds. The molecule has 0 aromatic carbocycles. The molecule has 0 fully saturated rings. The van der Waals surface area contributed by atoms with Crippen LogP contribution in [0.5, 0.6) is 0 Å². The van der Waals surface area contributed by atoms with Crippen molar-refractivity contribution in [2.24, 2.45) is 0 Å². The maximum absolute atomic E-state index is 12.2. The fraction of sp³-hybridized carbons (Fsp3) is 0.714. The van der Waals surface area contributed by atoms with E-state index < -0.39 is 6.17 Å². The second-order valence-electron chi connectivity index (χ2n) is 1.76. The van der Waals surface area contributed by atoms with Gasteiger partial charge in [0.2, 0.25) is 0 Å². The van der Waals surface area contributed by atoms with E-state index in [0.29, 0.717) is 6.42 Å². The molecule has 0 unspecified atom stereocenters. The van der Waals surface area contributed by atoms with Crippen LogP contribution in [0.25, 0.3) is 0 Å². The van der Waals surface area contributed by atoms with Crippen molar-refractivity contribution in [3.63, 3.8) is 0 Å². The van der Waals surface area contributed by atoms with Gasteiger partial charge in [-0.15, -0.1) is 0 Å². The summed E-state index contributed by atoms with van der Waals surface area (Å²) in [6, 6.07) is 0. The number of hydrogen-bond acceptors (Lipinski definition) is 0. The first kappa shape index (κ1) is 7.67. The van der Waals surface area contributed by atoms with Crippen LogP contribution in [0.15, 0.2) is 12.2 Å². The molecule has 1 atom stereocenters. The van der Waals surface area contributed by atoms with Gasteiger partial charge in [0.25, 0.3) is 0 Å². The summed E-state index contributed by atoms with van der Waals surface area (Å²) in [5.41, 5.74) is 0. The van der Waals surface area contributed by atoms with E-state index in [9.17, 15) is 4.39 Å². The zero-order chi connectivity index (χ0) is 6.41. The Morgan fingerprint density at radius 3 is 2.50 bits per heavy atom. The average Bonchev–Trinajstić information content (AvgIpc) is 1.83. The largest absolute Gasteiger partial charge is 0.243 e. The average molecular weight is 116 g/mol. The second kappa shape index (κ2) is 4.82. The number of rotatable bonds is 3. The smallest absolute Gasteiger partial charge is 0.118 e. The van der Waals surface area contributed by atoms with Crippen LogP contribution in [-0.2, 0) is 0 Å². The summed E-state index contributed by atoms with van der Waals surface area (Å²) in [5, 5.41) is 0. The van der Waals surface area contributed by atoms with Crippen LogP contribution in [0.2, 0.25) is 0 Å². The van der Waals surface area contributed by atoms with Crippen LogP contribution in [0.4, 0.5) is 4.39 Å². The van der Waals surface area contributed by atoms with Crippen LogP contribution >= 0.6 is 0 Å². The van der Waals surface area contributed by atoms with Crippen LogP contribution in [0.3, 0.4) is 0 Å². The summed E-state index contributed by atoms with van der Waals surface area (Å²) in [4.78, 5) is 0. The van der Waals surface area contributed by atoms with Crippen molar-refractivity contribution in [2.75, 3.05) is 0 Å². The summed E-state index contributed by atoms with van der Waals surface area (Å²) in [6.07, 6.45) is 4.26. The lowest BCUT2D eigenvalue weighted by molar-refractivity contribution is 0.390. The van der Waals surface area contributed by atoms with Gasteiger partial charge >= 0.3 is 0 Å². The zero-order valence-electron chi connectivity index (χ0n) is 5.52. The zero-order valence-corrected chi connectivity index (χ0v) is 5.52. The quantitative estimate of drug-likeness (QED) is 0.497. The van der Waals surface area contributed by atoms with E-state index >= 15 is 0 Å². The van der Waals surface area contributed by atoms with Crippen LogP contribution in [0, 0.1) is 0 Å². The van der Waals surface area contributed by atoms with E-state index in [1.807, 2.05) is 19.9 Å². The van der Waals surface area contributed by atoms with Crippen LogP contribution in [-0.4, -0.2) is 6.17 Å². The minimum absolute atomic E-state index is 0.594. The van der Waals surface area contributed by atoms with E-state index in [-0.39, 0.29) is 0 Å². The molecule has 8 heavy (non-hydrogen) atoms. The van der Waals surface area contributed by atoms with Gasteiger partial charge < -0.3 is 0 Å². The lowest BCUT2D eigenvalue weighted by Crippen LogP contribution is -1.88. The third-order valence-electron chi connectivity index (χ3n) is 0.971. The van der Waals surface area contributed by atoms with Gasteiger partial charge in [0.15, 0.2) is 0 Å². The summed E-state index contributed by atoms with van der Waals surface area (Å²) >= 11 is 0. The van der Waals surface area contributed by atoms with E-state index in [1.54, 1.807) is 6.08 Å². The fourth-order valence-corrected chi connectivity index (χ4v) is 0.420. The molecule has 0 radical (unpaired) electrons. The molecular weight excluding hydrogens is 103 g/mol. The van der Waals surface area contributed by atoms with Gasteiger partial charge in [-0.25, -0.2) is 4.39 Å². The number of allylic oxidation sites excluding steroid dienone is 2. The molecular formula is C7H13F. The molecule has 0 aromatic rings. The van der Waals surface area contributed by atoms with Gasteiger partial charge in [0.05, 0.1) is 0 Å². The Morgan fingerprint density at radius 1 is 1.50 bits per heavy atom. The lowest BCUT2D eigenvalue weighted by Gasteiger charge is -1.92. The molecule has 1 heteroatoms. The van der Waals surface area contributed by atoms with Gasteiger partial charge in [-0.3, -0.25) is 0 Å². The highest BCUT2D eigenvalue weighted by Crippen LogP contribution is 1.98. The summed E-state index contributed by atoms with van der Waals surface area (Å²) in [5.74, 6) is 0. The standard InChI is InChI=1S/C7H13F/c1-3-5-6-7(8)4-2/h5-7H,3-4H2,1-2H3/b6-5-/t7-/m1/s1. The Hall–Kier alpha value is -0.330. The molecule has 0 rings (SSSR count). The van der Waals surface area contributed by atoms with Crippen molar-refractivity contribution in [3.8, 4) is 0 Å². The molecule has 0 N–H and O–H groups in total. The first-order valence-corrected chi connectivity index (χ1v) is 3.12. The second-order valence-corrected chi connectivity index (χ2v) is 1.76. The van der Waals surface area contributed by atoms with Crippen molar-refractivity contribution in [1.29, 1.82) is 0 Å². The highest BCUT2D eigenvalue weighted by atomic mass is 19.1. The van der Waals surface area contributed by atoms with Gasteiger partial charge in [-0.1, -0.05) is 26.0 Å². The molecule has 0 aromatic heterocycles. The van der Waals surface area contributed by atoms with E-state index in [2.05, 4.69) is 0 Å². The Balaban J connectivity index is 3.21. The predicted octanol–water partition coefficient (Wildman–Crippen LogP) is 2.70. The maximum Gasteiger partial charge on any atom is 0.118 e. The normalized spacial score (nSPS) is 14.9. The first-order valence-electron chi connectivity index (χ1n) is 3.12. The van der Waals surface area contributed by atoms with Gasteiger partial charge in [0, 0.05) is 0 Å². The molecule has 48 valence electrons. The lowest BCUT2D eigenvalue weighted by atomic mass is 10.2. The molecule has 0 aliphatic carbocycles. The fourth-order valence-electron chi connectivity index (χ4n) is 0.420. The molecule has 0 aliphatic heterocycles. The molecule has 0 spiro atoms. The SMILES string of the molecule is CC/C=C\[C@H](F)CC. The minimum Gasteiger partial charge on any atom is -0.243 e. The molecule has 0 bridgehead atoms. The van der Waals surface area contributed by atoms with Gasteiger partial charge in [-0.05, 0) is 12.8 Å². The van der Waals surface area contributed by atoms with Crippen LogP contribution < -0.4 is 0 Å². The number of halogens is 1. The molecule has 0 nitrogen and oxygen atoms in total. The Labute approximate surface area is 50.4 Å². The number of alkyl halides is 1. The molecule has 0 aliphatic rings. The molecule has 0 saturated carbocycles. The molecule has 0 heterocycles. The monoisotopic (exact) mass is 116 g/mol. The Morgan fingerprint density at radius 2 is 2.12 bits per heavy atom. The van der Waals surface area contributed by atoms with Crippen molar-refractivity contribution >= 4 is 0 Å². The minimum atomic E-state index is -0.727. The van der Waals surface area contributed by atoms with E-state index in [4.69, 9.17) is 0 Å². The highest BCUT2D eigenvalue weighted by molar-refractivity contribution is 4.86. The van der Waals surface area contributed by atoms with Crippen molar-refractivity contribution in [1.82, 2.24) is 0 Å². The van der Waals surface area contributed by atoms with Crippen molar-refractivity contribution in [3.05, 3.63) is 12.2 Å². The highest BCUT2D eigenvalue weighted by Gasteiger charge is 1.92. The first-order chi connectivity index (χ1) is 3.81. The third kappa shape index (κ3) is 3.85. The Bertz CT molecular complexity index is 66.8. The predicted molar refractivity (Wildman–Crippen MR) is 34.6 cm³/mol. The van der Waals surface area contributed by atoms with Crippen LogP contribution in [0.1, 0.15) is 26.7 Å². The maximum atomic E-state index is 12.2. The molecule has 0 saturated heterocycles. The van der Waals surface area contributed by atoms with Crippen molar-refractivity contribution < 1.29 is 4.39 Å². The summed E-state index contributed by atoms with van der Waals surface area (Å²) in [7, 11) is 0.